The van der Waals surface area contributed by atoms with Gasteiger partial charge in [0.25, 0.3) is 5.88 Å². The van der Waals surface area contributed by atoms with Crippen LogP contribution in [0.5, 0.6) is 11.6 Å². The number of methoxy groups -OCH3 is 1. The van der Waals surface area contributed by atoms with Gasteiger partial charge < -0.3 is 15.2 Å². The Labute approximate surface area is 130 Å². The predicted molar refractivity (Wildman–Crippen MR) is 84.8 cm³/mol. The van der Waals surface area contributed by atoms with Crippen LogP contribution in [0.2, 0.25) is 0 Å². The molecule has 6 nitrogen and oxygen atoms in total. The lowest BCUT2D eigenvalue weighted by Crippen LogP contribution is -2.08. The molecule has 2 rings (SSSR count). The van der Waals surface area contributed by atoms with Crippen molar-refractivity contribution in [3.05, 3.63) is 35.5 Å². The molecule has 1 heterocycles. The van der Waals surface area contributed by atoms with Crippen LogP contribution in [0.3, 0.4) is 0 Å². The van der Waals surface area contributed by atoms with E-state index in [-0.39, 0.29) is 5.95 Å². The summed E-state index contributed by atoms with van der Waals surface area (Å²) in [6.45, 7) is 2.51. The number of aryl methyl sites for hydroxylation is 1. The molecule has 2 N–H and O–H groups in total. The first-order valence-electron chi connectivity index (χ1n) is 7.48. The van der Waals surface area contributed by atoms with E-state index in [1.807, 2.05) is 24.3 Å². The molecule has 0 amide bonds. The summed E-state index contributed by atoms with van der Waals surface area (Å²) >= 11 is 0. The number of hydrogen-bond donors (Lipinski definition) is 1. The SMILES string of the molecule is CCCCCc1nc(N)nnc1OCc1ccccc1OC. The van der Waals surface area contributed by atoms with Gasteiger partial charge in [0.1, 0.15) is 18.1 Å². The molecule has 1 aromatic heterocycles. The molecule has 0 saturated heterocycles. The molecule has 0 radical (unpaired) electrons. The first-order valence-corrected chi connectivity index (χ1v) is 7.48. The number of nitrogens with two attached hydrogens (primary N) is 1. The molecule has 0 spiro atoms. The Bertz CT molecular complexity index is 604. The van der Waals surface area contributed by atoms with Crippen molar-refractivity contribution in [1.29, 1.82) is 0 Å². The van der Waals surface area contributed by atoms with Gasteiger partial charge in [0.15, 0.2) is 0 Å². The van der Waals surface area contributed by atoms with E-state index in [0.717, 1.165) is 42.7 Å². The molecule has 0 saturated carbocycles. The van der Waals surface area contributed by atoms with Crippen molar-refractivity contribution in [2.45, 2.75) is 39.2 Å². The van der Waals surface area contributed by atoms with Crippen LogP contribution in [0.1, 0.15) is 37.4 Å². The van der Waals surface area contributed by atoms with Gasteiger partial charge in [0, 0.05) is 5.56 Å². The van der Waals surface area contributed by atoms with Gasteiger partial charge in [-0.15, -0.1) is 10.2 Å². The molecule has 22 heavy (non-hydrogen) atoms. The summed E-state index contributed by atoms with van der Waals surface area (Å²) in [6.07, 6.45) is 4.09. The van der Waals surface area contributed by atoms with Crippen molar-refractivity contribution in [2.24, 2.45) is 0 Å². The first-order chi connectivity index (χ1) is 10.7. The molecule has 0 atom stereocenters. The maximum atomic E-state index is 5.78. The number of ether oxygens (including phenoxy) is 2. The molecule has 0 aliphatic rings. The largest absolute Gasteiger partial charge is 0.496 e. The van der Waals surface area contributed by atoms with Crippen LogP contribution in [0, 0.1) is 0 Å². The summed E-state index contributed by atoms with van der Waals surface area (Å²) in [5, 5.41) is 7.81. The first kappa shape index (κ1) is 16.0. The Morgan fingerprint density at radius 1 is 1.14 bits per heavy atom. The third-order valence-electron chi connectivity index (χ3n) is 3.31. The molecule has 2 aromatic rings. The minimum absolute atomic E-state index is 0.177. The fourth-order valence-electron chi connectivity index (χ4n) is 2.15. The van der Waals surface area contributed by atoms with Gasteiger partial charge in [0.2, 0.25) is 5.95 Å². The molecule has 1 aromatic carbocycles. The van der Waals surface area contributed by atoms with Crippen LogP contribution >= 0.6 is 0 Å². The highest BCUT2D eigenvalue weighted by atomic mass is 16.5. The van der Waals surface area contributed by atoms with Crippen LogP contribution in [0.25, 0.3) is 0 Å². The zero-order valence-corrected chi connectivity index (χ0v) is 13.1. The van der Waals surface area contributed by atoms with E-state index in [0.29, 0.717) is 12.5 Å². The normalized spacial score (nSPS) is 10.5. The zero-order chi connectivity index (χ0) is 15.8. The van der Waals surface area contributed by atoms with E-state index in [4.69, 9.17) is 15.2 Å². The second-order valence-electron chi connectivity index (χ2n) is 4.98. The Kier molecular flexibility index (Phi) is 5.94. The van der Waals surface area contributed by atoms with Crippen molar-refractivity contribution in [2.75, 3.05) is 12.8 Å². The van der Waals surface area contributed by atoms with E-state index in [1.165, 1.54) is 0 Å². The monoisotopic (exact) mass is 302 g/mol. The van der Waals surface area contributed by atoms with Crippen molar-refractivity contribution >= 4 is 5.95 Å². The quantitative estimate of drug-likeness (QED) is 0.755. The minimum atomic E-state index is 0.177. The highest BCUT2D eigenvalue weighted by Crippen LogP contribution is 2.21. The van der Waals surface area contributed by atoms with Crippen LogP contribution in [-0.2, 0) is 13.0 Å². The van der Waals surface area contributed by atoms with Crippen LogP contribution in [0.4, 0.5) is 5.95 Å². The van der Waals surface area contributed by atoms with Gasteiger partial charge in [-0.3, -0.25) is 0 Å². The second-order valence-corrected chi connectivity index (χ2v) is 4.98. The average Bonchev–Trinajstić information content (AvgIpc) is 2.54. The number of para-hydroxylation sites is 1. The number of benzene rings is 1. The number of nitrogen functional groups attached to an aromatic ring is 1. The molecule has 0 aliphatic carbocycles. The standard InChI is InChI=1S/C16H22N4O2/c1-3-4-5-9-13-15(19-20-16(17)18-13)22-11-12-8-6-7-10-14(12)21-2/h6-8,10H,3-5,9,11H2,1-2H3,(H2,17,18,20). The van der Waals surface area contributed by atoms with Gasteiger partial charge in [-0.05, 0) is 18.9 Å². The summed E-state index contributed by atoms with van der Waals surface area (Å²) in [5.41, 5.74) is 7.33. The third kappa shape index (κ3) is 4.31. The maximum Gasteiger partial charge on any atom is 0.255 e. The third-order valence-corrected chi connectivity index (χ3v) is 3.31. The second kappa shape index (κ2) is 8.17. The molecule has 0 bridgehead atoms. The fourth-order valence-corrected chi connectivity index (χ4v) is 2.15. The van der Waals surface area contributed by atoms with Crippen molar-refractivity contribution in [3.63, 3.8) is 0 Å². The van der Waals surface area contributed by atoms with E-state index in [2.05, 4.69) is 22.1 Å². The van der Waals surface area contributed by atoms with E-state index >= 15 is 0 Å². The zero-order valence-electron chi connectivity index (χ0n) is 13.1. The lowest BCUT2D eigenvalue weighted by Gasteiger charge is -2.11. The molecule has 118 valence electrons. The highest BCUT2D eigenvalue weighted by Gasteiger charge is 2.11. The number of anilines is 1. The van der Waals surface area contributed by atoms with Crippen LogP contribution < -0.4 is 15.2 Å². The molecular weight excluding hydrogens is 280 g/mol. The molecule has 0 aliphatic heterocycles. The molecule has 0 unspecified atom stereocenters. The number of aromatic nitrogens is 3. The summed E-state index contributed by atoms with van der Waals surface area (Å²) in [4.78, 5) is 4.25. The summed E-state index contributed by atoms with van der Waals surface area (Å²) < 4.78 is 11.1. The Balaban J connectivity index is 2.08. The molecule has 6 heteroatoms. The van der Waals surface area contributed by atoms with Gasteiger partial charge in [0.05, 0.1) is 7.11 Å². The molecular formula is C16H22N4O2. The minimum Gasteiger partial charge on any atom is -0.496 e. The fraction of sp³-hybridized carbons (Fsp3) is 0.438. The Hall–Kier alpha value is -2.37. The lowest BCUT2D eigenvalue weighted by molar-refractivity contribution is 0.277. The van der Waals surface area contributed by atoms with E-state index in [1.54, 1.807) is 7.11 Å². The maximum absolute atomic E-state index is 5.78. The number of unbranched alkanes of at least 4 members (excludes halogenated alkanes) is 2. The smallest absolute Gasteiger partial charge is 0.255 e. The van der Waals surface area contributed by atoms with Crippen LogP contribution in [-0.4, -0.2) is 22.3 Å². The summed E-state index contributed by atoms with van der Waals surface area (Å²) in [7, 11) is 1.64. The number of hydrogen-bond acceptors (Lipinski definition) is 6. The Morgan fingerprint density at radius 2 is 1.95 bits per heavy atom. The van der Waals surface area contributed by atoms with Gasteiger partial charge in [-0.1, -0.05) is 38.0 Å². The summed E-state index contributed by atoms with van der Waals surface area (Å²) in [6, 6.07) is 7.71. The van der Waals surface area contributed by atoms with Crippen molar-refractivity contribution in [1.82, 2.24) is 15.2 Å². The lowest BCUT2D eigenvalue weighted by atomic mass is 10.1. The average molecular weight is 302 g/mol. The van der Waals surface area contributed by atoms with Crippen LogP contribution in [0.15, 0.2) is 24.3 Å². The van der Waals surface area contributed by atoms with Gasteiger partial charge in [-0.2, -0.15) is 0 Å². The summed E-state index contributed by atoms with van der Waals surface area (Å²) in [5.74, 6) is 1.40. The number of rotatable bonds is 8. The van der Waals surface area contributed by atoms with E-state index < -0.39 is 0 Å². The predicted octanol–water partition coefficient (Wildman–Crippen LogP) is 2.77. The topological polar surface area (TPSA) is 83.2 Å². The van der Waals surface area contributed by atoms with Gasteiger partial charge >= 0.3 is 0 Å². The van der Waals surface area contributed by atoms with E-state index in [9.17, 15) is 0 Å². The molecule has 0 fully saturated rings. The van der Waals surface area contributed by atoms with Gasteiger partial charge in [-0.25, -0.2) is 4.98 Å². The highest BCUT2D eigenvalue weighted by molar-refractivity contribution is 5.33. The Morgan fingerprint density at radius 3 is 2.73 bits per heavy atom. The van der Waals surface area contributed by atoms with Crippen molar-refractivity contribution < 1.29 is 9.47 Å². The van der Waals surface area contributed by atoms with Crippen molar-refractivity contribution in [3.8, 4) is 11.6 Å². The number of nitrogens with zero attached hydrogens (tertiary/aromatic N) is 3.